The third-order valence-corrected chi connectivity index (χ3v) is 4.87. The molecule has 0 aliphatic rings. The minimum absolute atomic E-state index is 0.744. The van der Waals surface area contributed by atoms with Gasteiger partial charge in [0.25, 0.3) is 0 Å². The van der Waals surface area contributed by atoms with E-state index in [1.54, 1.807) is 21.3 Å². The zero-order valence-electron chi connectivity index (χ0n) is 18.4. The molecule has 0 aromatic heterocycles. The van der Waals surface area contributed by atoms with Gasteiger partial charge < -0.3 is 24.4 Å². The standard InChI is InChI=1S/C23H33N3O3/c1-17-7-9-20(27-4)19(15-17)11-13-25-23(24-2)26(3)14-12-18-8-10-21(28-5)22(16-18)29-6/h7-10,15-16H,11-14H2,1-6H3,(H,24,25). The first kappa shape index (κ1) is 22.4. The van der Waals surface area contributed by atoms with Gasteiger partial charge in [-0.1, -0.05) is 23.8 Å². The summed E-state index contributed by atoms with van der Waals surface area (Å²) >= 11 is 0. The van der Waals surface area contributed by atoms with Crippen LogP contribution in [0.25, 0.3) is 0 Å². The highest BCUT2D eigenvalue weighted by atomic mass is 16.5. The van der Waals surface area contributed by atoms with Crippen molar-refractivity contribution in [1.82, 2.24) is 10.2 Å². The Balaban J connectivity index is 1.89. The van der Waals surface area contributed by atoms with E-state index in [1.807, 2.05) is 32.3 Å². The van der Waals surface area contributed by atoms with E-state index in [-0.39, 0.29) is 0 Å². The van der Waals surface area contributed by atoms with Crippen molar-refractivity contribution in [3.05, 3.63) is 53.1 Å². The number of guanidine groups is 1. The number of nitrogens with one attached hydrogen (secondary N) is 1. The molecule has 6 nitrogen and oxygen atoms in total. The van der Waals surface area contributed by atoms with Crippen molar-refractivity contribution in [1.29, 1.82) is 0 Å². The monoisotopic (exact) mass is 399 g/mol. The van der Waals surface area contributed by atoms with Crippen LogP contribution in [-0.2, 0) is 12.8 Å². The van der Waals surface area contributed by atoms with Gasteiger partial charge in [-0.15, -0.1) is 0 Å². The SMILES string of the molecule is CN=C(NCCc1cc(C)ccc1OC)N(C)CCc1ccc(OC)c(OC)c1. The molecule has 0 saturated carbocycles. The lowest BCUT2D eigenvalue weighted by molar-refractivity contribution is 0.354. The van der Waals surface area contributed by atoms with Crippen molar-refractivity contribution in [2.75, 3.05) is 48.5 Å². The second-order valence-electron chi connectivity index (χ2n) is 6.90. The summed E-state index contributed by atoms with van der Waals surface area (Å²) in [6, 6.07) is 12.3. The van der Waals surface area contributed by atoms with Gasteiger partial charge >= 0.3 is 0 Å². The molecule has 0 bridgehead atoms. The normalized spacial score (nSPS) is 11.2. The van der Waals surface area contributed by atoms with Crippen LogP contribution in [0.5, 0.6) is 17.2 Å². The van der Waals surface area contributed by atoms with Crippen LogP contribution in [-0.4, -0.2) is 59.4 Å². The van der Waals surface area contributed by atoms with E-state index in [0.717, 1.165) is 49.1 Å². The van der Waals surface area contributed by atoms with Crippen LogP contribution >= 0.6 is 0 Å². The Kier molecular flexibility index (Phi) is 8.65. The van der Waals surface area contributed by atoms with Gasteiger partial charge in [0.2, 0.25) is 0 Å². The predicted molar refractivity (Wildman–Crippen MR) is 119 cm³/mol. The van der Waals surface area contributed by atoms with Gasteiger partial charge in [0.1, 0.15) is 5.75 Å². The molecule has 0 aliphatic carbocycles. The lowest BCUT2D eigenvalue weighted by Gasteiger charge is -2.22. The van der Waals surface area contributed by atoms with Gasteiger partial charge in [-0.2, -0.15) is 0 Å². The van der Waals surface area contributed by atoms with Crippen LogP contribution in [0, 0.1) is 6.92 Å². The zero-order chi connectivity index (χ0) is 21.2. The van der Waals surface area contributed by atoms with E-state index in [0.29, 0.717) is 0 Å². The fourth-order valence-corrected chi connectivity index (χ4v) is 3.24. The maximum atomic E-state index is 5.47. The molecule has 0 spiro atoms. The average molecular weight is 400 g/mol. The van der Waals surface area contributed by atoms with E-state index in [2.05, 4.69) is 40.3 Å². The fourth-order valence-electron chi connectivity index (χ4n) is 3.24. The van der Waals surface area contributed by atoms with Gasteiger partial charge in [-0.05, 0) is 49.1 Å². The molecule has 29 heavy (non-hydrogen) atoms. The molecule has 2 rings (SSSR count). The third-order valence-electron chi connectivity index (χ3n) is 4.87. The number of rotatable bonds is 9. The van der Waals surface area contributed by atoms with Crippen molar-refractivity contribution >= 4 is 5.96 Å². The van der Waals surface area contributed by atoms with Gasteiger partial charge in [0.05, 0.1) is 21.3 Å². The summed E-state index contributed by atoms with van der Waals surface area (Å²) in [6.07, 6.45) is 1.75. The molecule has 2 aromatic rings. The number of aliphatic imine (C=N–C) groups is 1. The number of hydrogen-bond donors (Lipinski definition) is 1. The number of aryl methyl sites for hydroxylation is 1. The Morgan fingerprint density at radius 1 is 0.931 bits per heavy atom. The number of likely N-dealkylation sites (N-methyl/N-ethyl adjacent to an activating group) is 1. The van der Waals surface area contributed by atoms with Gasteiger partial charge in [0, 0.05) is 27.2 Å². The van der Waals surface area contributed by atoms with Gasteiger partial charge in [-0.3, -0.25) is 4.99 Å². The molecule has 0 unspecified atom stereocenters. The van der Waals surface area contributed by atoms with Crippen molar-refractivity contribution in [3.8, 4) is 17.2 Å². The molecule has 1 N–H and O–H groups in total. The van der Waals surface area contributed by atoms with E-state index >= 15 is 0 Å². The molecule has 6 heteroatoms. The van der Waals surface area contributed by atoms with Crippen LogP contribution in [0.4, 0.5) is 0 Å². The minimum Gasteiger partial charge on any atom is -0.496 e. The van der Waals surface area contributed by atoms with E-state index < -0.39 is 0 Å². The minimum atomic E-state index is 0.744. The summed E-state index contributed by atoms with van der Waals surface area (Å²) in [5.74, 6) is 3.29. The van der Waals surface area contributed by atoms with Crippen molar-refractivity contribution in [3.63, 3.8) is 0 Å². The topological polar surface area (TPSA) is 55.3 Å². The smallest absolute Gasteiger partial charge is 0.193 e. The van der Waals surface area contributed by atoms with Crippen LogP contribution in [0.2, 0.25) is 0 Å². The van der Waals surface area contributed by atoms with Crippen LogP contribution < -0.4 is 19.5 Å². The van der Waals surface area contributed by atoms with E-state index in [9.17, 15) is 0 Å². The molecule has 0 radical (unpaired) electrons. The van der Waals surface area contributed by atoms with E-state index in [1.165, 1.54) is 16.7 Å². The third kappa shape index (κ3) is 6.31. The van der Waals surface area contributed by atoms with Crippen LogP contribution in [0.15, 0.2) is 41.4 Å². The van der Waals surface area contributed by atoms with Gasteiger partial charge in [-0.25, -0.2) is 0 Å². The quantitative estimate of drug-likeness (QED) is 0.518. The molecule has 0 fully saturated rings. The summed E-state index contributed by atoms with van der Waals surface area (Å²) in [7, 11) is 8.87. The highest BCUT2D eigenvalue weighted by Crippen LogP contribution is 2.27. The first-order valence-electron chi connectivity index (χ1n) is 9.78. The molecular weight excluding hydrogens is 366 g/mol. The summed E-state index contributed by atoms with van der Waals surface area (Å²) in [5.41, 5.74) is 3.62. The molecular formula is C23H33N3O3. The summed E-state index contributed by atoms with van der Waals surface area (Å²) in [4.78, 5) is 6.54. The van der Waals surface area contributed by atoms with Crippen LogP contribution in [0.1, 0.15) is 16.7 Å². The largest absolute Gasteiger partial charge is 0.496 e. The molecule has 0 aliphatic heterocycles. The number of benzene rings is 2. The Bertz CT molecular complexity index is 821. The van der Waals surface area contributed by atoms with Crippen molar-refractivity contribution < 1.29 is 14.2 Å². The highest BCUT2D eigenvalue weighted by molar-refractivity contribution is 5.79. The van der Waals surface area contributed by atoms with Crippen molar-refractivity contribution in [2.24, 2.45) is 4.99 Å². The van der Waals surface area contributed by atoms with Gasteiger partial charge in [0.15, 0.2) is 17.5 Å². The maximum Gasteiger partial charge on any atom is 0.193 e. The second kappa shape index (κ2) is 11.2. The molecule has 0 amide bonds. The lowest BCUT2D eigenvalue weighted by Crippen LogP contribution is -2.40. The number of nitrogens with zero attached hydrogens (tertiary/aromatic N) is 2. The fraction of sp³-hybridized carbons (Fsp3) is 0.435. The predicted octanol–water partition coefficient (Wildman–Crippen LogP) is 3.31. The zero-order valence-corrected chi connectivity index (χ0v) is 18.4. The lowest BCUT2D eigenvalue weighted by atomic mass is 10.1. The molecule has 158 valence electrons. The number of ether oxygens (including phenoxy) is 3. The number of methoxy groups -OCH3 is 3. The maximum absolute atomic E-state index is 5.47. The molecule has 0 heterocycles. The van der Waals surface area contributed by atoms with E-state index in [4.69, 9.17) is 14.2 Å². The Morgan fingerprint density at radius 2 is 1.62 bits per heavy atom. The summed E-state index contributed by atoms with van der Waals surface area (Å²) < 4.78 is 16.2. The molecule has 2 aromatic carbocycles. The Hall–Kier alpha value is -2.89. The Morgan fingerprint density at radius 3 is 2.28 bits per heavy atom. The number of hydrogen-bond acceptors (Lipinski definition) is 4. The van der Waals surface area contributed by atoms with Crippen molar-refractivity contribution in [2.45, 2.75) is 19.8 Å². The average Bonchev–Trinajstić information content (AvgIpc) is 2.74. The summed E-state index contributed by atoms with van der Waals surface area (Å²) in [6.45, 7) is 3.72. The van der Waals surface area contributed by atoms with Crippen LogP contribution in [0.3, 0.4) is 0 Å². The second-order valence-corrected chi connectivity index (χ2v) is 6.90. The molecule has 0 saturated heterocycles. The first-order valence-corrected chi connectivity index (χ1v) is 9.78. The first-order chi connectivity index (χ1) is 14.0. The highest BCUT2D eigenvalue weighted by Gasteiger charge is 2.09. The summed E-state index contributed by atoms with van der Waals surface area (Å²) in [5, 5.41) is 3.44. The Labute approximate surface area is 174 Å². The molecule has 0 atom stereocenters.